The van der Waals surface area contributed by atoms with Crippen LogP contribution in [-0.2, 0) is 4.74 Å². The van der Waals surface area contributed by atoms with E-state index in [4.69, 9.17) is 4.74 Å². The van der Waals surface area contributed by atoms with Crippen LogP contribution in [0.5, 0.6) is 0 Å². The molecule has 2 rings (SSSR count). The SMILES string of the molecule is CCNC1CCC(C)(C)CC1N1CCCOCC1. The van der Waals surface area contributed by atoms with Gasteiger partial charge in [-0.15, -0.1) is 0 Å². The van der Waals surface area contributed by atoms with E-state index >= 15 is 0 Å². The van der Waals surface area contributed by atoms with Gasteiger partial charge in [0.05, 0.1) is 6.61 Å². The Morgan fingerprint density at radius 3 is 2.89 bits per heavy atom. The molecule has 1 saturated carbocycles. The fourth-order valence-electron chi connectivity index (χ4n) is 3.53. The van der Waals surface area contributed by atoms with E-state index in [0.29, 0.717) is 17.5 Å². The lowest BCUT2D eigenvalue weighted by molar-refractivity contribution is 0.0609. The molecule has 1 aliphatic heterocycles. The number of rotatable bonds is 3. The summed E-state index contributed by atoms with van der Waals surface area (Å²) in [5.74, 6) is 0. The molecule has 1 saturated heterocycles. The normalized spacial score (nSPS) is 34.2. The zero-order valence-corrected chi connectivity index (χ0v) is 12.4. The molecule has 2 unspecified atom stereocenters. The van der Waals surface area contributed by atoms with Crippen molar-refractivity contribution in [2.75, 3.05) is 32.8 Å². The minimum Gasteiger partial charge on any atom is -0.380 e. The highest BCUT2D eigenvalue weighted by Gasteiger charge is 2.37. The third-order valence-electron chi connectivity index (χ3n) is 4.55. The Morgan fingerprint density at radius 1 is 1.28 bits per heavy atom. The molecule has 2 fully saturated rings. The van der Waals surface area contributed by atoms with Gasteiger partial charge in [0.2, 0.25) is 0 Å². The molecule has 0 radical (unpaired) electrons. The van der Waals surface area contributed by atoms with Gasteiger partial charge in [-0.05, 0) is 37.6 Å². The summed E-state index contributed by atoms with van der Waals surface area (Å²) in [6.45, 7) is 12.3. The Labute approximate surface area is 112 Å². The highest BCUT2D eigenvalue weighted by atomic mass is 16.5. The molecule has 0 aromatic rings. The van der Waals surface area contributed by atoms with E-state index in [-0.39, 0.29) is 0 Å². The van der Waals surface area contributed by atoms with E-state index in [0.717, 1.165) is 26.3 Å². The number of likely N-dealkylation sites (N-methyl/N-ethyl adjacent to an activating group) is 1. The van der Waals surface area contributed by atoms with Gasteiger partial charge < -0.3 is 10.1 Å². The highest BCUT2D eigenvalue weighted by molar-refractivity contribution is 4.94. The van der Waals surface area contributed by atoms with Crippen molar-refractivity contribution in [2.45, 2.75) is 58.5 Å². The molecular formula is C15H30N2O. The second-order valence-corrected chi connectivity index (χ2v) is 6.64. The molecule has 0 amide bonds. The lowest BCUT2D eigenvalue weighted by Gasteiger charge is -2.46. The molecule has 1 N–H and O–H groups in total. The van der Waals surface area contributed by atoms with Crippen LogP contribution in [0.2, 0.25) is 0 Å². The molecule has 2 atom stereocenters. The minimum absolute atomic E-state index is 0.504. The Hall–Kier alpha value is -0.120. The summed E-state index contributed by atoms with van der Waals surface area (Å²) in [6, 6.07) is 1.39. The summed E-state index contributed by atoms with van der Waals surface area (Å²) in [5.41, 5.74) is 0.504. The molecule has 0 aromatic heterocycles. The van der Waals surface area contributed by atoms with E-state index in [2.05, 4.69) is 31.0 Å². The largest absolute Gasteiger partial charge is 0.380 e. The molecule has 1 aliphatic carbocycles. The van der Waals surface area contributed by atoms with Gasteiger partial charge in [-0.3, -0.25) is 4.90 Å². The number of hydrogen-bond donors (Lipinski definition) is 1. The Balaban J connectivity index is 2.02. The monoisotopic (exact) mass is 254 g/mol. The first-order valence-electron chi connectivity index (χ1n) is 7.67. The number of hydrogen-bond acceptors (Lipinski definition) is 3. The quantitative estimate of drug-likeness (QED) is 0.836. The van der Waals surface area contributed by atoms with Crippen LogP contribution in [0.15, 0.2) is 0 Å². The molecule has 3 nitrogen and oxygen atoms in total. The molecular weight excluding hydrogens is 224 g/mol. The van der Waals surface area contributed by atoms with Crippen molar-refractivity contribution >= 4 is 0 Å². The summed E-state index contributed by atoms with van der Waals surface area (Å²) >= 11 is 0. The fourth-order valence-corrected chi connectivity index (χ4v) is 3.53. The van der Waals surface area contributed by atoms with Crippen molar-refractivity contribution in [3.63, 3.8) is 0 Å². The van der Waals surface area contributed by atoms with Crippen molar-refractivity contribution in [3.05, 3.63) is 0 Å². The van der Waals surface area contributed by atoms with Crippen molar-refractivity contribution in [3.8, 4) is 0 Å². The maximum absolute atomic E-state index is 5.60. The van der Waals surface area contributed by atoms with Crippen LogP contribution in [0.4, 0.5) is 0 Å². The van der Waals surface area contributed by atoms with E-state index in [1.165, 1.54) is 32.2 Å². The zero-order valence-electron chi connectivity index (χ0n) is 12.4. The van der Waals surface area contributed by atoms with Crippen LogP contribution in [0.1, 0.15) is 46.5 Å². The molecule has 2 aliphatic rings. The van der Waals surface area contributed by atoms with Crippen molar-refractivity contribution in [1.82, 2.24) is 10.2 Å². The molecule has 1 heterocycles. The van der Waals surface area contributed by atoms with E-state index < -0.39 is 0 Å². The van der Waals surface area contributed by atoms with Crippen molar-refractivity contribution in [1.29, 1.82) is 0 Å². The lowest BCUT2D eigenvalue weighted by atomic mass is 9.72. The second kappa shape index (κ2) is 6.36. The van der Waals surface area contributed by atoms with Gasteiger partial charge in [0, 0.05) is 31.8 Å². The van der Waals surface area contributed by atoms with Crippen LogP contribution in [0.3, 0.4) is 0 Å². The Bertz CT molecular complexity index is 247. The Kier molecular flexibility index (Phi) is 5.05. The minimum atomic E-state index is 0.504. The Morgan fingerprint density at radius 2 is 2.11 bits per heavy atom. The van der Waals surface area contributed by atoms with E-state index in [9.17, 15) is 0 Å². The molecule has 0 spiro atoms. The van der Waals surface area contributed by atoms with Crippen LogP contribution in [0, 0.1) is 5.41 Å². The summed E-state index contributed by atoms with van der Waals surface area (Å²) in [5, 5.41) is 3.71. The standard InChI is InChI=1S/C15H30N2O/c1-4-16-13-6-7-15(2,3)12-14(13)17-8-5-10-18-11-9-17/h13-14,16H,4-12H2,1-3H3. The maximum atomic E-state index is 5.60. The molecule has 106 valence electrons. The first-order valence-corrected chi connectivity index (χ1v) is 7.67. The van der Waals surface area contributed by atoms with Crippen molar-refractivity contribution in [2.24, 2.45) is 5.41 Å². The molecule has 0 aromatic carbocycles. The lowest BCUT2D eigenvalue weighted by Crippen LogP contribution is -2.55. The van der Waals surface area contributed by atoms with Crippen LogP contribution < -0.4 is 5.32 Å². The van der Waals surface area contributed by atoms with E-state index in [1.807, 2.05) is 0 Å². The topological polar surface area (TPSA) is 24.5 Å². The van der Waals surface area contributed by atoms with Crippen LogP contribution in [-0.4, -0.2) is 49.8 Å². The second-order valence-electron chi connectivity index (χ2n) is 6.64. The highest BCUT2D eigenvalue weighted by Crippen LogP contribution is 2.37. The fraction of sp³-hybridized carbons (Fsp3) is 1.00. The molecule has 3 heteroatoms. The summed E-state index contributed by atoms with van der Waals surface area (Å²) in [6.07, 6.45) is 5.19. The maximum Gasteiger partial charge on any atom is 0.0593 e. The van der Waals surface area contributed by atoms with Gasteiger partial charge in [-0.1, -0.05) is 20.8 Å². The average Bonchev–Trinajstić information content (AvgIpc) is 2.60. The smallest absolute Gasteiger partial charge is 0.0593 e. The third kappa shape index (κ3) is 3.69. The average molecular weight is 254 g/mol. The van der Waals surface area contributed by atoms with Gasteiger partial charge in [0.25, 0.3) is 0 Å². The summed E-state index contributed by atoms with van der Waals surface area (Å²) in [4.78, 5) is 2.68. The summed E-state index contributed by atoms with van der Waals surface area (Å²) in [7, 11) is 0. The van der Waals surface area contributed by atoms with Gasteiger partial charge in [-0.2, -0.15) is 0 Å². The molecule has 18 heavy (non-hydrogen) atoms. The van der Waals surface area contributed by atoms with Crippen LogP contribution in [0.25, 0.3) is 0 Å². The number of ether oxygens (including phenoxy) is 1. The third-order valence-corrected chi connectivity index (χ3v) is 4.55. The van der Waals surface area contributed by atoms with Gasteiger partial charge in [0.15, 0.2) is 0 Å². The van der Waals surface area contributed by atoms with Gasteiger partial charge in [-0.25, -0.2) is 0 Å². The predicted molar refractivity (Wildman–Crippen MR) is 75.9 cm³/mol. The van der Waals surface area contributed by atoms with Crippen molar-refractivity contribution < 1.29 is 4.74 Å². The predicted octanol–water partition coefficient (Wildman–Crippen LogP) is 2.27. The first-order chi connectivity index (χ1) is 8.62. The van der Waals surface area contributed by atoms with Crippen LogP contribution >= 0.6 is 0 Å². The van der Waals surface area contributed by atoms with E-state index in [1.54, 1.807) is 0 Å². The first kappa shape index (κ1) is 14.3. The molecule has 0 bridgehead atoms. The zero-order chi connectivity index (χ0) is 13.0. The number of nitrogens with one attached hydrogen (secondary N) is 1. The summed E-state index contributed by atoms with van der Waals surface area (Å²) < 4.78 is 5.60. The van der Waals surface area contributed by atoms with Gasteiger partial charge >= 0.3 is 0 Å². The van der Waals surface area contributed by atoms with Gasteiger partial charge in [0.1, 0.15) is 0 Å². The number of nitrogens with zero attached hydrogens (tertiary/aromatic N) is 1.